The molecule has 2 N–H and O–H groups in total. The second-order valence-corrected chi connectivity index (χ2v) is 4.87. The van der Waals surface area contributed by atoms with E-state index in [0.29, 0.717) is 32.7 Å². The van der Waals surface area contributed by atoms with E-state index in [1.54, 1.807) is 13.8 Å². The Bertz CT molecular complexity index is 281. The second-order valence-electron chi connectivity index (χ2n) is 4.87. The molecule has 0 aliphatic carbocycles. The fourth-order valence-corrected chi connectivity index (χ4v) is 2.47. The minimum absolute atomic E-state index is 0.0115. The molecule has 110 valence electrons. The molecule has 0 aromatic heterocycles. The van der Waals surface area contributed by atoms with Gasteiger partial charge in [0.2, 0.25) is 0 Å². The standard InChI is InChI=1S/C13H24N2O4/c1-3-18-12(16)6-10-5-11(14)8-15(7-10)9-13(17)19-4-2/h10-11H,3-9,14H2,1-2H3. The molecule has 19 heavy (non-hydrogen) atoms. The van der Waals surface area contributed by atoms with Crippen LogP contribution in [0.3, 0.4) is 0 Å². The van der Waals surface area contributed by atoms with Gasteiger partial charge in [-0.25, -0.2) is 0 Å². The molecule has 1 saturated heterocycles. The van der Waals surface area contributed by atoms with Crippen LogP contribution in [0.1, 0.15) is 26.7 Å². The Balaban J connectivity index is 2.43. The van der Waals surface area contributed by atoms with Gasteiger partial charge in [0, 0.05) is 25.6 Å². The van der Waals surface area contributed by atoms with Crippen LogP contribution in [0.25, 0.3) is 0 Å². The number of rotatable bonds is 6. The van der Waals surface area contributed by atoms with E-state index < -0.39 is 0 Å². The molecule has 0 saturated carbocycles. The summed E-state index contributed by atoms with van der Waals surface area (Å²) in [5.41, 5.74) is 5.97. The van der Waals surface area contributed by atoms with Gasteiger partial charge in [0.1, 0.15) is 0 Å². The fraction of sp³-hybridized carbons (Fsp3) is 0.846. The van der Waals surface area contributed by atoms with Gasteiger partial charge in [0.05, 0.1) is 19.8 Å². The first-order chi connectivity index (χ1) is 9.05. The topological polar surface area (TPSA) is 81.9 Å². The molecule has 0 aromatic carbocycles. The number of piperidine rings is 1. The molecule has 1 rings (SSSR count). The van der Waals surface area contributed by atoms with Crippen LogP contribution in [-0.4, -0.2) is 55.7 Å². The van der Waals surface area contributed by atoms with Gasteiger partial charge in [0.25, 0.3) is 0 Å². The lowest BCUT2D eigenvalue weighted by Gasteiger charge is -2.35. The average Bonchev–Trinajstić information content (AvgIpc) is 2.28. The van der Waals surface area contributed by atoms with Crippen molar-refractivity contribution in [2.45, 2.75) is 32.7 Å². The highest BCUT2D eigenvalue weighted by molar-refractivity contribution is 5.71. The molecular formula is C13H24N2O4. The van der Waals surface area contributed by atoms with Crippen LogP contribution in [0, 0.1) is 5.92 Å². The zero-order valence-electron chi connectivity index (χ0n) is 11.8. The Hall–Kier alpha value is -1.14. The zero-order valence-corrected chi connectivity index (χ0v) is 11.8. The highest BCUT2D eigenvalue weighted by Gasteiger charge is 2.28. The lowest BCUT2D eigenvalue weighted by molar-refractivity contribution is -0.145. The number of likely N-dealkylation sites (tertiary alicyclic amines) is 1. The first-order valence-electron chi connectivity index (χ1n) is 6.84. The van der Waals surface area contributed by atoms with Gasteiger partial charge in [-0.15, -0.1) is 0 Å². The largest absolute Gasteiger partial charge is 0.466 e. The number of ether oxygens (including phenoxy) is 2. The Labute approximate surface area is 114 Å². The quantitative estimate of drug-likeness (QED) is 0.693. The van der Waals surface area contributed by atoms with Crippen molar-refractivity contribution >= 4 is 11.9 Å². The van der Waals surface area contributed by atoms with Crippen molar-refractivity contribution in [1.29, 1.82) is 0 Å². The van der Waals surface area contributed by atoms with Crippen LogP contribution in [0.15, 0.2) is 0 Å². The summed E-state index contributed by atoms with van der Waals surface area (Å²) >= 11 is 0. The third-order valence-corrected chi connectivity index (χ3v) is 3.06. The van der Waals surface area contributed by atoms with Crippen LogP contribution in [0.2, 0.25) is 0 Å². The van der Waals surface area contributed by atoms with E-state index in [2.05, 4.69) is 0 Å². The Morgan fingerprint density at radius 3 is 2.42 bits per heavy atom. The lowest BCUT2D eigenvalue weighted by atomic mass is 9.92. The minimum Gasteiger partial charge on any atom is -0.466 e. The molecule has 2 unspecified atom stereocenters. The van der Waals surface area contributed by atoms with Crippen molar-refractivity contribution in [2.24, 2.45) is 11.7 Å². The summed E-state index contributed by atoms with van der Waals surface area (Å²) in [6.07, 6.45) is 1.15. The van der Waals surface area contributed by atoms with Crippen molar-refractivity contribution in [3.8, 4) is 0 Å². The maximum absolute atomic E-state index is 11.5. The zero-order chi connectivity index (χ0) is 14.3. The Morgan fingerprint density at radius 1 is 1.16 bits per heavy atom. The summed E-state index contributed by atoms with van der Waals surface area (Å²) in [4.78, 5) is 24.9. The van der Waals surface area contributed by atoms with Crippen molar-refractivity contribution in [3.05, 3.63) is 0 Å². The van der Waals surface area contributed by atoms with Gasteiger partial charge in [-0.2, -0.15) is 0 Å². The van der Waals surface area contributed by atoms with Crippen LogP contribution in [0.5, 0.6) is 0 Å². The van der Waals surface area contributed by atoms with Gasteiger partial charge in [-0.3, -0.25) is 14.5 Å². The first kappa shape index (κ1) is 15.9. The van der Waals surface area contributed by atoms with E-state index in [9.17, 15) is 9.59 Å². The summed E-state index contributed by atoms with van der Waals surface area (Å²) in [6, 6.07) is -0.0115. The summed E-state index contributed by atoms with van der Waals surface area (Å²) in [6.45, 7) is 5.93. The Morgan fingerprint density at radius 2 is 1.79 bits per heavy atom. The van der Waals surface area contributed by atoms with Crippen molar-refractivity contribution in [3.63, 3.8) is 0 Å². The van der Waals surface area contributed by atoms with E-state index >= 15 is 0 Å². The lowest BCUT2D eigenvalue weighted by Crippen LogP contribution is -2.49. The average molecular weight is 272 g/mol. The maximum atomic E-state index is 11.5. The summed E-state index contributed by atoms with van der Waals surface area (Å²) in [5.74, 6) is -0.290. The van der Waals surface area contributed by atoms with Crippen molar-refractivity contribution in [1.82, 2.24) is 4.90 Å². The van der Waals surface area contributed by atoms with Crippen LogP contribution in [0.4, 0.5) is 0 Å². The number of nitrogens with two attached hydrogens (primary N) is 1. The summed E-state index contributed by atoms with van der Waals surface area (Å²) in [7, 11) is 0. The molecule has 0 bridgehead atoms. The molecule has 1 fully saturated rings. The van der Waals surface area contributed by atoms with E-state index in [4.69, 9.17) is 15.2 Å². The van der Waals surface area contributed by atoms with Gasteiger partial charge in [-0.1, -0.05) is 0 Å². The van der Waals surface area contributed by atoms with E-state index in [0.717, 1.165) is 6.42 Å². The number of nitrogens with zero attached hydrogens (tertiary/aromatic N) is 1. The minimum atomic E-state index is -0.244. The van der Waals surface area contributed by atoms with Gasteiger partial charge in [0.15, 0.2) is 0 Å². The van der Waals surface area contributed by atoms with Crippen LogP contribution in [-0.2, 0) is 19.1 Å². The van der Waals surface area contributed by atoms with Crippen LogP contribution < -0.4 is 5.73 Å². The predicted octanol–water partition coefficient (Wildman–Crippen LogP) is 0.152. The highest BCUT2D eigenvalue weighted by Crippen LogP contribution is 2.19. The number of carbonyl (C=O) groups excluding carboxylic acids is 2. The molecular weight excluding hydrogens is 248 g/mol. The van der Waals surface area contributed by atoms with E-state index in [1.165, 1.54) is 0 Å². The third-order valence-electron chi connectivity index (χ3n) is 3.06. The SMILES string of the molecule is CCOC(=O)CC1CC(N)CN(CC(=O)OCC)C1. The molecule has 1 aliphatic heterocycles. The molecule has 0 spiro atoms. The molecule has 1 heterocycles. The molecule has 2 atom stereocenters. The predicted molar refractivity (Wildman–Crippen MR) is 70.4 cm³/mol. The smallest absolute Gasteiger partial charge is 0.320 e. The van der Waals surface area contributed by atoms with E-state index in [1.807, 2.05) is 4.90 Å². The van der Waals surface area contributed by atoms with Gasteiger partial charge < -0.3 is 15.2 Å². The first-order valence-corrected chi connectivity index (χ1v) is 6.84. The number of hydrogen-bond donors (Lipinski definition) is 1. The molecule has 1 aliphatic rings. The maximum Gasteiger partial charge on any atom is 0.320 e. The van der Waals surface area contributed by atoms with Crippen LogP contribution >= 0.6 is 0 Å². The number of esters is 2. The Kier molecular flexibility index (Phi) is 6.80. The summed E-state index contributed by atoms with van der Waals surface area (Å²) < 4.78 is 9.87. The second kappa shape index (κ2) is 8.12. The van der Waals surface area contributed by atoms with Crippen molar-refractivity contribution < 1.29 is 19.1 Å². The molecule has 6 nitrogen and oxygen atoms in total. The van der Waals surface area contributed by atoms with Gasteiger partial charge >= 0.3 is 11.9 Å². The van der Waals surface area contributed by atoms with E-state index in [-0.39, 0.29) is 30.4 Å². The fourth-order valence-electron chi connectivity index (χ4n) is 2.47. The normalized spacial score (nSPS) is 23.9. The molecule has 6 heteroatoms. The monoisotopic (exact) mass is 272 g/mol. The summed E-state index contributed by atoms with van der Waals surface area (Å²) in [5, 5.41) is 0. The number of hydrogen-bond acceptors (Lipinski definition) is 6. The van der Waals surface area contributed by atoms with Gasteiger partial charge in [-0.05, 0) is 26.2 Å². The highest BCUT2D eigenvalue weighted by atomic mass is 16.5. The third kappa shape index (κ3) is 6.02. The molecule has 0 aromatic rings. The molecule has 0 radical (unpaired) electrons. The number of carbonyl (C=O) groups is 2. The van der Waals surface area contributed by atoms with Crippen molar-refractivity contribution in [2.75, 3.05) is 32.8 Å². The molecule has 0 amide bonds.